The van der Waals surface area contributed by atoms with Crippen LogP contribution in [-0.4, -0.2) is 77.8 Å². The van der Waals surface area contributed by atoms with Crippen LogP contribution in [0.3, 0.4) is 0 Å². The Morgan fingerprint density at radius 2 is 1.77 bits per heavy atom. The molecule has 1 aromatic carbocycles. The number of pyridine rings is 1. The Morgan fingerprint density at radius 3 is 2.45 bits per heavy atom. The van der Waals surface area contributed by atoms with Crippen LogP contribution in [-0.2, 0) is 6.42 Å². The molecule has 3 heterocycles. The molecule has 162 valence electrons. The second kappa shape index (κ2) is 7.73. The average Bonchev–Trinajstić information content (AvgIpc) is 3.53. The molecule has 31 heavy (non-hydrogen) atoms. The highest BCUT2D eigenvalue weighted by atomic mass is 16.3. The number of likely N-dealkylation sites (tertiary alicyclic amines) is 1. The third-order valence-corrected chi connectivity index (χ3v) is 7.29. The second-order valence-electron chi connectivity index (χ2n) is 9.81. The molecule has 0 bridgehead atoms. The average molecular weight is 417 g/mol. The van der Waals surface area contributed by atoms with Crippen molar-refractivity contribution in [1.82, 2.24) is 14.8 Å². The van der Waals surface area contributed by atoms with Crippen molar-refractivity contribution in [3.05, 3.63) is 52.7 Å². The lowest BCUT2D eigenvalue weighted by Crippen LogP contribution is -2.51. The van der Waals surface area contributed by atoms with Gasteiger partial charge in [0.15, 0.2) is 0 Å². The van der Waals surface area contributed by atoms with E-state index in [-0.39, 0.29) is 6.10 Å². The number of hydrogen-bond acceptors (Lipinski definition) is 5. The van der Waals surface area contributed by atoms with Crippen LogP contribution in [0, 0.1) is 6.92 Å². The van der Waals surface area contributed by atoms with Crippen LogP contribution in [0.1, 0.15) is 29.7 Å². The molecule has 0 radical (unpaired) electrons. The number of piperazine rings is 1. The van der Waals surface area contributed by atoms with Gasteiger partial charge in [0.25, 0.3) is 0 Å². The van der Waals surface area contributed by atoms with Crippen molar-refractivity contribution in [1.29, 1.82) is 0 Å². The van der Waals surface area contributed by atoms with E-state index < -0.39 is 0 Å². The number of rotatable bonds is 5. The molecule has 5 heteroatoms. The number of β-amino-alcohol motifs (C(OH)–C–C–N with tert-alkyl or cyclic N) is 1. The van der Waals surface area contributed by atoms with Gasteiger partial charge in [0, 0.05) is 74.4 Å². The largest absolute Gasteiger partial charge is 0.390 e. The lowest BCUT2D eigenvalue weighted by atomic mass is 10.0. The maximum atomic E-state index is 9.57. The van der Waals surface area contributed by atoms with Crippen LogP contribution in [0.5, 0.6) is 0 Å². The summed E-state index contributed by atoms with van der Waals surface area (Å²) in [5, 5.41) is 9.57. The Morgan fingerprint density at radius 1 is 1.03 bits per heavy atom. The summed E-state index contributed by atoms with van der Waals surface area (Å²) in [6.07, 6.45) is 6.00. The van der Waals surface area contributed by atoms with E-state index in [0.717, 1.165) is 56.6 Å². The van der Waals surface area contributed by atoms with Gasteiger partial charge in [-0.05, 0) is 49.9 Å². The second-order valence-corrected chi connectivity index (χ2v) is 9.81. The van der Waals surface area contributed by atoms with E-state index in [4.69, 9.17) is 4.98 Å². The summed E-state index contributed by atoms with van der Waals surface area (Å²) in [4.78, 5) is 12.4. The highest BCUT2D eigenvalue weighted by Gasteiger charge is 2.31. The van der Waals surface area contributed by atoms with Gasteiger partial charge in [0.2, 0.25) is 0 Å². The van der Waals surface area contributed by atoms with E-state index in [0.29, 0.717) is 0 Å². The van der Waals surface area contributed by atoms with E-state index in [1.165, 1.54) is 53.9 Å². The molecule has 1 N–H and O–H groups in total. The van der Waals surface area contributed by atoms with Crippen molar-refractivity contribution in [3.63, 3.8) is 0 Å². The normalized spacial score (nSPS) is 22.4. The van der Waals surface area contributed by atoms with Crippen molar-refractivity contribution >= 4 is 11.8 Å². The maximum absolute atomic E-state index is 9.57. The topological polar surface area (TPSA) is 42.8 Å². The molecular weight excluding hydrogens is 384 g/mol. The van der Waals surface area contributed by atoms with Crippen LogP contribution < -0.4 is 4.90 Å². The molecule has 2 saturated heterocycles. The molecular formula is C26H32N4O. The van der Waals surface area contributed by atoms with Crippen LogP contribution in [0.4, 0.5) is 5.69 Å². The van der Waals surface area contributed by atoms with Crippen molar-refractivity contribution in [2.24, 2.45) is 0 Å². The summed E-state index contributed by atoms with van der Waals surface area (Å²) in [7, 11) is 0. The van der Waals surface area contributed by atoms with Gasteiger partial charge >= 0.3 is 0 Å². The number of aryl methyl sites for hydroxylation is 1. The van der Waals surface area contributed by atoms with Gasteiger partial charge in [-0.15, -0.1) is 0 Å². The Labute approximate surface area is 185 Å². The highest BCUT2D eigenvalue weighted by molar-refractivity contribution is 5.79. The maximum Gasteiger partial charge on any atom is 0.0794 e. The van der Waals surface area contributed by atoms with Crippen LogP contribution in [0.15, 0.2) is 35.9 Å². The molecule has 1 saturated carbocycles. The Bertz CT molecular complexity index is 997. The molecule has 6 rings (SSSR count). The quantitative estimate of drug-likeness (QED) is 0.812. The summed E-state index contributed by atoms with van der Waals surface area (Å²) in [6.45, 7) is 9.30. The fourth-order valence-electron chi connectivity index (χ4n) is 5.45. The van der Waals surface area contributed by atoms with E-state index in [1.807, 2.05) is 0 Å². The highest BCUT2D eigenvalue weighted by Crippen LogP contribution is 2.35. The lowest BCUT2D eigenvalue weighted by Gasteiger charge is -2.36. The zero-order valence-corrected chi connectivity index (χ0v) is 18.4. The Hall–Kier alpha value is -2.21. The molecule has 4 aliphatic rings. The van der Waals surface area contributed by atoms with Gasteiger partial charge in [0.05, 0.1) is 11.8 Å². The standard InChI is InChI=1S/C26H32N4O/c1-18-12-21-13-19(15-28-16-24(31)17-28)14-25(21)26(27-18)20-2-4-22(5-3-20)29-8-10-30(11-9-29)23-6-7-23/h2-5,12,14,23-24,31H,6-11,13,15-17H2,1H3. The first kappa shape index (κ1) is 19.5. The summed E-state index contributed by atoms with van der Waals surface area (Å²) >= 11 is 0. The zero-order valence-electron chi connectivity index (χ0n) is 18.4. The number of benzene rings is 1. The molecule has 3 fully saturated rings. The molecule has 0 spiro atoms. The van der Waals surface area contributed by atoms with Gasteiger partial charge in [-0.1, -0.05) is 23.8 Å². The summed E-state index contributed by atoms with van der Waals surface area (Å²) in [5.41, 5.74) is 8.84. The number of aromatic nitrogens is 1. The number of hydrogen-bond donors (Lipinski definition) is 1. The molecule has 0 unspecified atom stereocenters. The molecule has 5 nitrogen and oxygen atoms in total. The molecule has 0 atom stereocenters. The van der Waals surface area contributed by atoms with E-state index in [9.17, 15) is 5.11 Å². The lowest BCUT2D eigenvalue weighted by molar-refractivity contribution is 0.00820. The zero-order chi connectivity index (χ0) is 20.9. The number of anilines is 1. The minimum atomic E-state index is -0.140. The molecule has 2 aromatic rings. The van der Waals surface area contributed by atoms with Crippen molar-refractivity contribution in [2.75, 3.05) is 50.7 Å². The number of aliphatic hydroxyl groups excluding tert-OH is 1. The third kappa shape index (κ3) is 3.91. The predicted octanol–water partition coefficient (Wildman–Crippen LogP) is 2.96. The minimum Gasteiger partial charge on any atom is -0.390 e. The van der Waals surface area contributed by atoms with E-state index >= 15 is 0 Å². The fourth-order valence-corrected chi connectivity index (χ4v) is 5.45. The van der Waals surface area contributed by atoms with Gasteiger partial charge in [-0.25, -0.2) is 0 Å². The Balaban J connectivity index is 1.20. The molecule has 1 aromatic heterocycles. The molecule has 0 amide bonds. The van der Waals surface area contributed by atoms with Gasteiger partial charge in [-0.3, -0.25) is 14.8 Å². The van der Waals surface area contributed by atoms with E-state index in [1.54, 1.807) is 0 Å². The van der Waals surface area contributed by atoms with Gasteiger partial charge in [-0.2, -0.15) is 0 Å². The van der Waals surface area contributed by atoms with Crippen LogP contribution >= 0.6 is 0 Å². The number of nitrogens with zero attached hydrogens (tertiary/aromatic N) is 4. The number of aliphatic hydroxyl groups is 1. The van der Waals surface area contributed by atoms with Crippen molar-refractivity contribution in [2.45, 2.75) is 38.3 Å². The summed E-state index contributed by atoms with van der Waals surface area (Å²) in [6, 6.07) is 12.2. The van der Waals surface area contributed by atoms with Gasteiger partial charge in [0.1, 0.15) is 0 Å². The smallest absolute Gasteiger partial charge is 0.0794 e. The first-order chi connectivity index (χ1) is 15.1. The van der Waals surface area contributed by atoms with Crippen molar-refractivity contribution in [3.8, 4) is 11.3 Å². The Kier molecular flexibility index (Phi) is 4.86. The fraction of sp³-hybridized carbons (Fsp3) is 0.500. The predicted molar refractivity (Wildman–Crippen MR) is 125 cm³/mol. The minimum absolute atomic E-state index is 0.140. The van der Waals surface area contributed by atoms with E-state index in [2.05, 4.69) is 58.0 Å². The molecule has 2 aliphatic heterocycles. The number of fused-ring (bicyclic) bond motifs is 1. The SMILES string of the molecule is Cc1cc2c(c(-c3ccc(N4CCN(C5CC5)CC4)cc3)n1)C=C(CN1CC(O)C1)C2. The van der Waals surface area contributed by atoms with Crippen LogP contribution in [0.25, 0.3) is 17.3 Å². The third-order valence-electron chi connectivity index (χ3n) is 7.29. The summed E-state index contributed by atoms with van der Waals surface area (Å²) < 4.78 is 0. The van der Waals surface area contributed by atoms with Crippen molar-refractivity contribution < 1.29 is 5.11 Å². The first-order valence-electron chi connectivity index (χ1n) is 11.8. The van der Waals surface area contributed by atoms with Crippen LogP contribution in [0.2, 0.25) is 0 Å². The van der Waals surface area contributed by atoms with Gasteiger partial charge < -0.3 is 10.0 Å². The molecule has 2 aliphatic carbocycles. The summed E-state index contributed by atoms with van der Waals surface area (Å²) in [5.74, 6) is 0. The first-order valence-corrected chi connectivity index (χ1v) is 11.8. The monoisotopic (exact) mass is 416 g/mol.